The second-order valence-corrected chi connectivity index (χ2v) is 6.26. The Morgan fingerprint density at radius 1 is 1.28 bits per heavy atom. The van der Waals surface area contributed by atoms with Crippen LogP contribution in [0.3, 0.4) is 0 Å². The van der Waals surface area contributed by atoms with Gasteiger partial charge in [-0.2, -0.15) is 30.2 Å². The predicted molar refractivity (Wildman–Crippen MR) is 62.2 cm³/mol. The summed E-state index contributed by atoms with van der Waals surface area (Å²) in [7, 11) is -3.75. The Labute approximate surface area is 106 Å². The van der Waals surface area contributed by atoms with Gasteiger partial charge in [-0.15, -0.1) is 0 Å². The van der Waals surface area contributed by atoms with Crippen LogP contribution in [0.15, 0.2) is 0 Å². The fraction of sp³-hybridized carbons (Fsp3) is 1.00. The van der Waals surface area contributed by atoms with Gasteiger partial charge in [-0.1, -0.05) is 13.8 Å². The third kappa shape index (κ3) is 3.36. The SMILES string of the molecule is CCN(CC)S(=O)(=O)N1CCC[C@H](C(F)(F)F)C1. The molecule has 1 fully saturated rings. The van der Waals surface area contributed by atoms with Gasteiger partial charge < -0.3 is 0 Å². The van der Waals surface area contributed by atoms with Gasteiger partial charge >= 0.3 is 6.18 Å². The van der Waals surface area contributed by atoms with Crippen molar-refractivity contribution in [3.8, 4) is 0 Å². The van der Waals surface area contributed by atoms with Crippen LogP contribution < -0.4 is 0 Å². The highest BCUT2D eigenvalue weighted by Gasteiger charge is 2.44. The van der Waals surface area contributed by atoms with Gasteiger partial charge in [0.15, 0.2) is 0 Å². The molecule has 0 aromatic carbocycles. The summed E-state index contributed by atoms with van der Waals surface area (Å²) in [5.74, 6) is -1.54. The third-order valence-corrected chi connectivity index (χ3v) is 5.36. The Balaban J connectivity index is 2.84. The van der Waals surface area contributed by atoms with Gasteiger partial charge in [0.25, 0.3) is 10.2 Å². The topological polar surface area (TPSA) is 40.6 Å². The van der Waals surface area contributed by atoms with E-state index in [-0.39, 0.29) is 32.5 Å². The first-order valence-corrected chi connectivity index (χ1v) is 7.45. The van der Waals surface area contributed by atoms with Crippen LogP contribution >= 0.6 is 0 Å². The highest BCUT2D eigenvalue weighted by molar-refractivity contribution is 7.86. The minimum absolute atomic E-state index is 0.00771. The number of hydrogen-bond donors (Lipinski definition) is 0. The molecule has 1 atom stereocenters. The molecule has 0 spiro atoms. The van der Waals surface area contributed by atoms with E-state index in [1.165, 1.54) is 4.31 Å². The lowest BCUT2D eigenvalue weighted by atomic mass is 9.99. The van der Waals surface area contributed by atoms with Crippen molar-refractivity contribution in [1.29, 1.82) is 0 Å². The van der Waals surface area contributed by atoms with Gasteiger partial charge in [-0.05, 0) is 12.8 Å². The fourth-order valence-electron chi connectivity index (χ4n) is 2.13. The first-order chi connectivity index (χ1) is 8.23. The Morgan fingerprint density at radius 2 is 1.83 bits per heavy atom. The van der Waals surface area contributed by atoms with Crippen molar-refractivity contribution in [3.63, 3.8) is 0 Å². The first-order valence-electron chi connectivity index (χ1n) is 6.05. The van der Waals surface area contributed by atoms with Crippen LogP contribution in [0.25, 0.3) is 0 Å². The van der Waals surface area contributed by atoms with Gasteiger partial charge in [0, 0.05) is 26.2 Å². The molecule has 0 aromatic rings. The summed E-state index contributed by atoms with van der Waals surface area (Å²) in [6, 6.07) is 0. The van der Waals surface area contributed by atoms with E-state index in [0.29, 0.717) is 0 Å². The zero-order valence-electron chi connectivity index (χ0n) is 10.6. The zero-order valence-corrected chi connectivity index (χ0v) is 11.4. The average molecular weight is 288 g/mol. The van der Waals surface area contributed by atoms with Crippen LogP contribution in [0, 0.1) is 5.92 Å². The molecular weight excluding hydrogens is 269 g/mol. The lowest BCUT2D eigenvalue weighted by Crippen LogP contribution is -2.50. The molecule has 0 aliphatic carbocycles. The maximum absolute atomic E-state index is 12.6. The molecule has 108 valence electrons. The lowest BCUT2D eigenvalue weighted by molar-refractivity contribution is -0.182. The van der Waals surface area contributed by atoms with E-state index in [2.05, 4.69) is 0 Å². The highest BCUT2D eigenvalue weighted by atomic mass is 32.2. The summed E-state index contributed by atoms with van der Waals surface area (Å²) in [6.45, 7) is 3.60. The van der Waals surface area contributed by atoms with Crippen molar-refractivity contribution in [3.05, 3.63) is 0 Å². The second kappa shape index (κ2) is 5.75. The molecule has 0 aromatic heterocycles. The first kappa shape index (κ1) is 15.7. The molecule has 1 aliphatic heterocycles. The van der Waals surface area contributed by atoms with Crippen LogP contribution in [-0.2, 0) is 10.2 Å². The molecule has 0 bridgehead atoms. The Kier molecular flexibility index (Phi) is 5.02. The quantitative estimate of drug-likeness (QED) is 0.792. The van der Waals surface area contributed by atoms with Gasteiger partial charge in [0.2, 0.25) is 0 Å². The van der Waals surface area contributed by atoms with Crippen molar-refractivity contribution in [2.45, 2.75) is 32.9 Å². The molecule has 18 heavy (non-hydrogen) atoms. The highest BCUT2D eigenvalue weighted by Crippen LogP contribution is 2.34. The van der Waals surface area contributed by atoms with Crippen molar-refractivity contribution < 1.29 is 21.6 Å². The van der Waals surface area contributed by atoms with E-state index in [0.717, 1.165) is 4.31 Å². The molecule has 0 radical (unpaired) electrons. The van der Waals surface area contributed by atoms with Crippen molar-refractivity contribution in [2.75, 3.05) is 26.2 Å². The van der Waals surface area contributed by atoms with Gasteiger partial charge in [0.05, 0.1) is 5.92 Å². The molecule has 8 heteroatoms. The summed E-state index contributed by atoms with van der Waals surface area (Å²) in [4.78, 5) is 0. The molecule has 4 nitrogen and oxygen atoms in total. The second-order valence-electron chi connectivity index (χ2n) is 4.33. The van der Waals surface area contributed by atoms with E-state index in [4.69, 9.17) is 0 Å². The van der Waals surface area contributed by atoms with Gasteiger partial charge in [-0.3, -0.25) is 0 Å². The zero-order chi connectivity index (χ0) is 14.0. The molecule has 0 N–H and O–H groups in total. The summed E-state index contributed by atoms with van der Waals surface area (Å²) in [6.07, 6.45) is -4.06. The molecule has 0 saturated carbocycles. The maximum Gasteiger partial charge on any atom is 0.393 e. The van der Waals surface area contributed by atoms with Crippen LogP contribution in [-0.4, -0.2) is 49.4 Å². The molecule has 0 unspecified atom stereocenters. The molecule has 1 aliphatic rings. The van der Waals surface area contributed by atoms with Crippen molar-refractivity contribution in [2.24, 2.45) is 5.92 Å². The molecule has 1 saturated heterocycles. The van der Waals surface area contributed by atoms with Gasteiger partial charge in [-0.25, -0.2) is 0 Å². The van der Waals surface area contributed by atoms with E-state index >= 15 is 0 Å². The number of rotatable bonds is 4. The minimum atomic E-state index is -4.32. The van der Waals surface area contributed by atoms with Crippen molar-refractivity contribution in [1.82, 2.24) is 8.61 Å². The van der Waals surface area contributed by atoms with E-state index in [1.54, 1.807) is 13.8 Å². The smallest absolute Gasteiger partial charge is 0.195 e. The largest absolute Gasteiger partial charge is 0.393 e. The van der Waals surface area contributed by atoms with Crippen molar-refractivity contribution >= 4 is 10.2 Å². The fourth-order valence-corrected chi connectivity index (χ4v) is 3.84. The maximum atomic E-state index is 12.6. The van der Waals surface area contributed by atoms with Crippen LogP contribution in [0.4, 0.5) is 13.2 Å². The summed E-state index contributed by atoms with van der Waals surface area (Å²) in [5.41, 5.74) is 0. The molecule has 1 rings (SSSR count). The summed E-state index contributed by atoms with van der Waals surface area (Å²) < 4.78 is 64.3. The number of alkyl halides is 3. The minimum Gasteiger partial charge on any atom is -0.195 e. The Hall–Kier alpha value is -0.340. The Bertz CT molecular complexity index is 366. The monoisotopic (exact) mass is 288 g/mol. The van der Waals surface area contributed by atoms with Crippen LogP contribution in [0.2, 0.25) is 0 Å². The number of hydrogen-bond acceptors (Lipinski definition) is 2. The summed E-state index contributed by atoms with van der Waals surface area (Å²) >= 11 is 0. The van der Waals surface area contributed by atoms with E-state index in [9.17, 15) is 21.6 Å². The normalized spacial score (nSPS) is 23.6. The molecule has 1 heterocycles. The number of piperidine rings is 1. The number of halogens is 3. The van der Waals surface area contributed by atoms with E-state index in [1.807, 2.05) is 0 Å². The van der Waals surface area contributed by atoms with Crippen LogP contribution in [0.5, 0.6) is 0 Å². The summed E-state index contributed by atoms with van der Waals surface area (Å²) in [5, 5.41) is 0. The van der Waals surface area contributed by atoms with E-state index < -0.39 is 28.8 Å². The third-order valence-electron chi connectivity index (χ3n) is 3.21. The Morgan fingerprint density at radius 3 is 2.28 bits per heavy atom. The predicted octanol–water partition coefficient (Wildman–Crippen LogP) is 1.85. The van der Waals surface area contributed by atoms with Crippen LogP contribution in [0.1, 0.15) is 26.7 Å². The average Bonchev–Trinajstić information content (AvgIpc) is 2.29. The molecule has 0 amide bonds. The number of nitrogens with zero attached hydrogens (tertiary/aromatic N) is 2. The van der Waals surface area contributed by atoms with Gasteiger partial charge in [0.1, 0.15) is 0 Å². The molecular formula is C10H19F3N2O2S. The standard InChI is InChI=1S/C10H19F3N2O2S/c1-3-14(4-2)18(16,17)15-7-5-6-9(8-15)10(11,12)13/h9H,3-8H2,1-2H3/t9-/m0/s1. The lowest BCUT2D eigenvalue weighted by Gasteiger charge is -2.35.